The highest BCUT2D eigenvalue weighted by molar-refractivity contribution is 9.10. The maximum Gasteiger partial charge on any atom is 0.325 e. The summed E-state index contributed by atoms with van der Waals surface area (Å²) in [4.78, 5) is 26.8. The van der Waals surface area contributed by atoms with E-state index in [1.54, 1.807) is 43.3 Å². The lowest BCUT2D eigenvalue weighted by Gasteiger charge is -2.23. The molecule has 2 aromatic rings. The van der Waals surface area contributed by atoms with Crippen LogP contribution in [0.4, 0.5) is 4.79 Å². The number of hydrogen-bond acceptors (Lipinski definition) is 5. The van der Waals surface area contributed by atoms with E-state index in [-0.39, 0.29) is 12.5 Å². The van der Waals surface area contributed by atoms with Crippen LogP contribution in [0, 0.1) is 11.3 Å². The summed E-state index contributed by atoms with van der Waals surface area (Å²) in [6.07, 6.45) is 0. The van der Waals surface area contributed by atoms with Gasteiger partial charge in [-0.1, -0.05) is 28.1 Å². The smallest absolute Gasteiger partial charge is 0.325 e. The highest BCUT2D eigenvalue weighted by Gasteiger charge is 2.49. The molecule has 0 spiro atoms. The maximum absolute atomic E-state index is 13.1. The minimum atomic E-state index is -1.19. The summed E-state index contributed by atoms with van der Waals surface area (Å²) < 4.78 is 11.9. The van der Waals surface area contributed by atoms with Gasteiger partial charge in [-0.15, -0.1) is 0 Å². The summed E-state index contributed by atoms with van der Waals surface area (Å²) in [6.45, 7) is 2.68. The molecule has 3 amide bonds. The van der Waals surface area contributed by atoms with Crippen molar-refractivity contribution in [1.82, 2.24) is 10.2 Å². The van der Waals surface area contributed by atoms with E-state index in [2.05, 4.69) is 21.2 Å². The van der Waals surface area contributed by atoms with Gasteiger partial charge in [-0.05, 0) is 42.3 Å². The molecule has 2 aliphatic heterocycles. The van der Waals surface area contributed by atoms with Gasteiger partial charge in [0.25, 0.3) is 5.91 Å². The molecule has 28 heavy (non-hydrogen) atoms. The molecule has 0 aliphatic carbocycles. The molecule has 0 radical (unpaired) electrons. The Labute approximate surface area is 170 Å². The second-order valence-electron chi connectivity index (χ2n) is 6.72. The molecule has 1 atom stereocenters. The number of rotatable bonds is 3. The monoisotopic (exact) mass is 441 g/mol. The van der Waals surface area contributed by atoms with Crippen LogP contribution in [-0.2, 0) is 16.9 Å². The molecule has 142 valence electrons. The largest absolute Gasteiger partial charge is 0.486 e. The zero-order chi connectivity index (χ0) is 19.9. The molecule has 2 heterocycles. The van der Waals surface area contributed by atoms with Gasteiger partial charge in [0.1, 0.15) is 18.8 Å². The molecular weight excluding hydrogens is 426 g/mol. The van der Waals surface area contributed by atoms with Crippen molar-refractivity contribution < 1.29 is 19.1 Å². The summed E-state index contributed by atoms with van der Waals surface area (Å²) in [5.74, 6) is 0.858. The van der Waals surface area contributed by atoms with Crippen LogP contribution in [0.2, 0.25) is 0 Å². The van der Waals surface area contributed by atoms with E-state index in [1.165, 1.54) is 4.90 Å². The van der Waals surface area contributed by atoms with Crippen LogP contribution in [0.3, 0.4) is 0 Å². The van der Waals surface area contributed by atoms with E-state index in [1.807, 2.05) is 6.07 Å². The number of imide groups is 1. The molecule has 0 bridgehead atoms. The van der Waals surface area contributed by atoms with Crippen molar-refractivity contribution >= 4 is 27.9 Å². The van der Waals surface area contributed by atoms with Crippen LogP contribution in [0.1, 0.15) is 23.6 Å². The van der Waals surface area contributed by atoms with Crippen LogP contribution in [0.15, 0.2) is 40.9 Å². The number of fused-ring (bicyclic) bond motifs is 1. The molecule has 2 aliphatic rings. The fraction of sp³-hybridized carbons (Fsp3) is 0.250. The predicted molar refractivity (Wildman–Crippen MR) is 103 cm³/mol. The summed E-state index contributed by atoms with van der Waals surface area (Å²) in [7, 11) is 0. The van der Waals surface area contributed by atoms with Gasteiger partial charge in [0.05, 0.1) is 18.2 Å². The number of carbonyl (C=O) groups excluding carboxylic acids is 2. The van der Waals surface area contributed by atoms with Crippen LogP contribution in [0.25, 0.3) is 0 Å². The maximum atomic E-state index is 13.1. The molecule has 0 aromatic heterocycles. The van der Waals surface area contributed by atoms with Gasteiger partial charge < -0.3 is 14.8 Å². The summed E-state index contributed by atoms with van der Waals surface area (Å²) in [5, 5.41) is 11.7. The Morgan fingerprint density at radius 1 is 1.18 bits per heavy atom. The quantitative estimate of drug-likeness (QED) is 0.738. The van der Waals surface area contributed by atoms with Crippen molar-refractivity contribution in [2.24, 2.45) is 0 Å². The minimum absolute atomic E-state index is 0.0910. The minimum Gasteiger partial charge on any atom is -0.486 e. The third-order valence-electron chi connectivity index (χ3n) is 4.91. The van der Waals surface area contributed by atoms with Crippen molar-refractivity contribution in [3.05, 3.63) is 57.6 Å². The predicted octanol–water partition coefficient (Wildman–Crippen LogP) is 3.06. The van der Waals surface area contributed by atoms with Crippen LogP contribution in [-0.4, -0.2) is 30.1 Å². The van der Waals surface area contributed by atoms with Gasteiger partial charge in [0.2, 0.25) is 0 Å². The number of benzene rings is 2. The second-order valence-corrected chi connectivity index (χ2v) is 7.58. The molecule has 4 rings (SSSR count). The number of halogens is 1. The second kappa shape index (κ2) is 6.84. The number of hydrogen-bond donors (Lipinski definition) is 1. The number of nitriles is 1. The van der Waals surface area contributed by atoms with Crippen molar-refractivity contribution in [2.75, 3.05) is 13.2 Å². The Kier molecular flexibility index (Phi) is 4.47. The van der Waals surface area contributed by atoms with Gasteiger partial charge in [-0.3, -0.25) is 9.69 Å². The highest BCUT2D eigenvalue weighted by Crippen LogP contribution is 2.37. The normalized spacial score (nSPS) is 20.7. The molecule has 7 nitrogen and oxygen atoms in total. The van der Waals surface area contributed by atoms with Crippen LogP contribution < -0.4 is 14.8 Å². The van der Waals surface area contributed by atoms with E-state index >= 15 is 0 Å². The Morgan fingerprint density at radius 3 is 2.46 bits per heavy atom. The lowest BCUT2D eigenvalue weighted by atomic mass is 9.91. The number of ether oxygens (including phenoxy) is 2. The summed E-state index contributed by atoms with van der Waals surface area (Å²) in [5.41, 5.74) is 0.650. The molecule has 0 unspecified atom stereocenters. The van der Waals surface area contributed by atoms with E-state index in [0.29, 0.717) is 35.8 Å². The molecule has 0 saturated carbocycles. The number of amides is 3. The Hall–Kier alpha value is -3.05. The first-order valence-electron chi connectivity index (χ1n) is 8.65. The lowest BCUT2D eigenvalue weighted by Crippen LogP contribution is -2.40. The van der Waals surface area contributed by atoms with Crippen molar-refractivity contribution in [3.63, 3.8) is 0 Å². The van der Waals surface area contributed by atoms with Gasteiger partial charge in [0.15, 0.2) is 11.5 Å². The van der Waals surface area contributed by atoms with E-state index in [9.17, 15) is 9.59 Å². The molecule has 2 aromatic carbocycles. The van der Waals surface area contributed by atoms with Gasteiger partial charge in [-0.2, -0.15) is 5.26 Å². The third kappa shape index (κ3) is 2.98. The topological polar surface area (TPSA) is 91.7 Å². The fourth-order valence-electron chi connectivity index (χ4n) is 3.31. The fourth-order valence-corrected chi connectivity index (χ4v) is 3.76. The summed E-state index contributed by atoms with van der Waals surface area (Å²) >= 11 is 3.48. The first-order valence-corrected chi connectivity index (χ1v) is 9.44. The zero-order valence-electron chi connectivity index (χ0n) is 15.0. The third-order valence-corrected chi connectivity index (χ3v) is 5.64. The SMILES string of the molecule is C[C@]1(c2ccc(C#N)cc2)NC(=O)N(Cc2cc3c(cc2Br)OCCO3)C1=O. The molecule has 1 fully saturated rings. The van der Waals surface area contributed by atoms with E-state index < -0.39 is 11.6 Å². The van der Waals surface area contributed by atoms with Gasteiger partial charge in [-0.25, -0.2) is 4.79 Å². The van der Waals surface area contributed by atoms with Crippen molar-refractivity contribution in [2.45, 2.75) is 19.0 Å². The standard InChI is InChI=1S/C20H16BrN3O4/c1-20(14-4-2-12(10-22)3-5-14)18(25)24(19(26)23-20)11-13-8-16-17(9-15(13)21)28-7-6-27-16/h2-5,8-9H,6-7,11H2,1H3,(H,23,26)/t20-/m1/s1. The van der Waals surface area contributed by atoms with Gasteiger partial charge >= 0.3 is 6.03 Å². The number of nitrogens with zero attached hydrogens (tertiary/aromatic N) is 2. The first kappa shape index (κ1) is 18.3. The van der Waals surface area contributed by atoms with Crippen LogP contribution >= 0.6 is 15.9 Å². The van der Waals surface area contributed by atoms with Crippen molar-refractivity contribution in [1.29, 1.82) is 5.26 Å². The number of nitrogens with one attached hydrogen (secondary N) is 1. The first-order chi connectivity index (χ1) is 13.4. The van der Waals surface area contributed by atoms with Crippen LogP contribution in [0.5, 0.6) is 11.5 Å². The molecular formula is C20H16BrN3O4. The molecule has 1 N–H and O–H groups in total. The lowest BCUT2D eigenvalue weighted by molar-refractivity contribution is -0.131. The Bertz CT molecular complexity index is 1020. The average molecular weight is 442 g/mol. The molecule has 8 heteroatoms. The number of urea groups is 1. The summed E-state index contributed by atoms with van der Waals surface area (Å²) in [6, 6.07) is 11.7. The van der Waals surface area contributed by atoms with E-state index in [4.69, 9.17) is 14.7 Å². The average Bonchev–Trinajstić information content (AvgIpc) is 2.92. The Balaban J connectivity index is 1.62. The van der Waals surface area contributed by atoms with Crippen molar-refractivity contribution in [3.8, 4) is 17.6 Å². The highest BCUT2D eigenvalue weighted by atomic mass is 79.9. The Morgan fingerprint density at radius 2 is 1.82 bits per heavy atom. The number of carbonyl (C=O) groups is 2. The van der Waals surface area contributed by atoms with Gasteiger partial charge in [0, 0.05) is 4.47 Å². The zero-order valence-corrected chi connectivity index (χ0v) is 16.6. The van der Waals surface area contributed by atoms with E-state index in [0.717, 1.165) is 10.0 Å². The molecule has 1 saturated heterocycles.